The lowest BCUT2D eigenvalue weighted by Gasteiger charge is -1.99. The molecule has 2 rings (SSSR count). The van der Waals surface area contributed by atoms with Gasteiger partial charge < -0.3 is 0 Å². The lowest BCUT2D eigenvalue weighted by Crippen LogP contribution is -2.13. The molecule has 14 heavy (non-hydrogen) atoms. The summed E-state index contributed by atoms with van der Waals surface area (Å²) in [5.74, 6) is 0. The van der Waals surface area contributed by atoms with Crippen molar-refractivity contribution < 1.29 is 8.42 Å². The van der Waals surface area contributed by atoms with E-state index in [1.165, 1.54) is 6.07 Å². The molecule has 0 saturated heterocycles. The van der Waals surface area contributed by atoms with E-state index in [0.29, 0.717) is 5.52 Å². The van der Waals surface area contributed by atoms with Crippen molar-refractivity contribution in [2.75, 3.05) is 0 Å². The number of para-hydroxylation sites is 1. The highest BCUT2D eigenvalue weighted by molar-refractivity contribution is 7.89. The number of pyridine rings is 1. The molecule has 2 aromatic rings. The van der Waals surface area contributed by atoms with Crippen LogP contribution in [-0.2, 0) is 10.0 Å². The van der Waals surface area contributed by atoms with Crippen molar-refractivity contribution in [1.29, 1.82) is 0 Å². The van der Waals surface area contributed by atoms with E-state index in [4.69, 9.17) is 5.14 Å². The quantitative estimate of drug-likeness (QED) is 0.747. The summed E-state index contributed by atoms with van der Waals surface area (Å²) < 4.78 is 22.0. The maximum absolute atomic E-state index is 11.0. The van der Waals surface area contributed by atoms with Crippen molar-refractivity contribution in [2.24, 2.45) is 5.14 Å². The van der Waals surface area contributed by atoms with Gasteiger partial charge in [0.2, 0.25) is 0 Å². The number of hydrogen-bond donors (Lipinski definition) is 1. The topological polar surface area (TPSA) is 73.1 Å². The van der Waals surface area contributed by atoms with Crippen LogP contribution in [0.25, 0.3) is 10.9 Å². The summed E-state index contributed by atoms with van der Waals surface area (Å²) in [6.07, 6.45) is 0. The van der Waals surface area contributed by atoms with Crippen molar-refractivity contribution in [3.05, 3.63) is 36.4 Å². The lowest BCUT2D eigenvalue weighted by atomic mass is 10.2. The first-order chi connectivity index (χ1) is 6.57. The second-order valence-electron chi connectivity index (χ2n) is 2.80. The Morgan fingerprint density at radius 3 is 2.79 bits per heavy atom. The molecular weight excluding hydrogens is 200 g/mol. The smallest absolute Gasteiger partial charge is 0.234 e. The van der Waals surface area contributed by atoms with Crippen LogP contribution in [-0.4, -0.2) is 13.4 Å². The number of hydrogen-bond acceptors (Lipinski definition) is 3. The van der Waals surface area contributed by atoms with E-state index < -0.39 is 10.0 Å². The van der Waals surface area contributed by atoms with Crippen molar-refractivity contribution in [3.63, 3.8) is 0 Å². The number of benzene rings is 1. The Morgan fingerprint density at radius 2 is 2.07 bits per heavy atom. The zero-order valence-corrected chi connectivity index (χ0v) is 7.95. The first kappa shape index (κ1) is 9.11. The van der Waals surface area contributed by atoms with Crippen LogP contribution in [0.1, 0.15) is 0 Å². The Balaban J connectivity index is 2.75. The third-order valence-electron chi connectivity index (χ3n) is 1.78. The molecule has 0 fully saturated rings. The van der Waals surface area contributed by atoms with Crippen LogP contribution < -0.4 is 5.14 Å². The van der Waals surface area contributed by atoms with Gasteiger partial charge in [0.05, 0.1) is 5.52 Å². The molecule has 0 spiro atoms. The fraction of sp³-hybridized carbons (Fsp3) is 0. The second-order valence-corrected chi connectivity index (χ2v) is 4.31. The number of nitrogens with two attached hydrogens (primary N) is 1. The summed E-state index contributed by atoms with van der Waals surface area (Å²) >= 11 is 0. The van der Waals surface area contributed by atoms with Gasteiger partial charge in [-0.2, -0.15) is 0 Å². The van der Waals surface area contributed by atoms with Gasteiger partial charge in [-0.25, -0.2) is 18.5 Å². The molecule has 0 aliphatic heterocycles. The molecule has 0 atom stereocenters. The zero-order valence-electron chi connectivity index (χ0n) is 7.14. The molecule has 0 unspecified atom stereocenters. The lowest BCUT2D eigenvalue weighted by molar-refractivity contribution is 0.594. The van der Waals surface area contributed by atoms with Gasteiger partial charge in [0.25, 0.3) is 10.0 Å². The molecule has 5 heteroatoms. The number of rotatable bonds is 1. The van der Waals surface area contributed by atoms with Gasteiger partial charge >= 0.3 is 0 Å². The summed E-state index contributed by atoms with van der Waals surface area (Å²) in [7, 11) is -3.73. The fourth-order valence-electron chi connectivity index (χ4n) is 1.14. The van der Waals surface area contributed by atoms with E-state index in [-0.39, 0.29) is 5.03 Å². The highest BCUT2D eigenvalue weighted by Crippen LogP contribution is 2.12. The summed E-state index contributed by atoms with van der Waals surface area (Å²) in [4.78, 5) is 3.88. The molecule has 71 valence electrons. The van der Waals surface area contributed by atoms with Gasteiger partial charge in [-0.15, -0.1) is 0 Å². The number of fused-ring (bicyclic) bond motifs is 1. The molecule has 4 nitrogen and oxygen atoms in total. The predicted molar refractivity (Wildman–Crippen MR) is 52.0 cm³/mol. The fourth-order valence-corrected chi connectivity index (χ4v) is 1.62. The molecule has 0 saturated carbocycles. The second kappa shape index (κ2) is 3.04. The minimum Gasteiger partial charge on any atom is -0.234 e. The van der Waals surface area contributed by atoms with Crippen molar-refractivity contribution in [2.45, 2.75) is 5.03 Å². The summed E-state index contributed by atoms with van der Waals surface area (Å²) in [6.45, 7) is 0. The van der Waals surface area contributed by atoms with Crippen LogP contribution >= 0.6 is 0 Å². The highest BCUT2D eigenvalue weighted by atomic mass is 32.2. The molecule has 0 aliphatic rings. The van der Waals surface area contributed by atoms with Crippen LogP contribution in [0, 0.1) is 6.07 Å². The highest BCUT2D eigenvalue weighted by Gasteiger charge is 2.09. The maximum Gasteiger partial charge on any atom is 0.255 e. The van der Waals surface area contributed by atoms with Gasteiger partial charge in [-0.05, 0) is 12.1 Å². The minimum absolute atomic E-state index is 0.132. The summed E-state index contributed by atoms with van der Waals surface area (Å²) in [5.41, 5.74) is 0.499. The molecule has 2 N–H and O–H groups in total. The molecule has 0 amide bonds. The van der Waals surface area contributed by atoms with E-state index >= 15 is 0 Å². The van der Waals surface area contributed by atoms with E-state index in [9.17, 15) is 8.42 Å². The van der Waals surface area contributed by atoms with Crippen LogP contribution in [0.15, 0.2) is 35.4 Å². The van der Waals surface area contributed by atoms with Gasteiger partial charge in [-0.3, -0.25) is 0 Å². The average molecular weight is 207 g/mol. The van der Waals surface area contributed by atoms with Crippen molar-refractivity contribution >= 4 is 20.9 Å². The maximum atomic E-state index is 11.0. The minimum atomic E-state index is -3.73. The summed E-state index contributed by atoms with van der Waals surface area (Å²) in [6, 6.07) is 11.2. The third-order valence-corrected chi connectivity index (χ3v) is 2.59. The Kier molecular flexibility index (Phi) is 1.98. The first-order valence-electron chi connectivity index (χ1n) is 3.88. The first-order valence-corrected chi connectivity index (χ1v) is 5.42. The van der Waals surface area contributed by atoms with Gasteiger partial charge in [0.1, 0.15) is 0 Å². The number of nitrogens with zero attached hydrogens (tertiary/aromatic N) is 1. The van der Waals surface area contributed by atoms with Crippen LogP contribution in [0.3, 0.4) is 0 Å². The van der Waals surface area contributed by atoms with Gasteiger partial charge in [0, 0.05) is 11.5 Å². The van der Waals surface area contributed by atoms with E-state index in [0.717, 1.165) is 5.39 Å². The molecular formula is C9H7N2O2S. The van der Waals surface area contributed by atoms with E-state index in [1.807, 2.05) is 6.07 Å². The van der Waals surface area contributed by atoms with E-state index in [1.54, 1.807) is 18.2 Å². The molecule has 1 heterocycles. The van der Waals surface area contributed by atoms with Crippen LogP contribution in [0.5, 0.6) is 0 Å². The number of sulfonamides is 1. The number of primary sulfonamides is 1. The third kappa shape index (κ3) is 1.59. The van der Waals surface area contributed by atoms with Crippen molar-refractivity contribution in [1.82, 2.24) is 4.98 Å². The monoisotopic (exact) mass is 207 g/mol. The summed E-state index contributed by atoms with van der Waals surface area (Å²) in [5, 5.41) is 5.64. The zero-order chi connectivity index (χ0) is 10.2. The van der Waals surface area contributed by atoms with Crippen LogP contribution in [0.2, 0.25) is 0 Å². The standard InChI is InChI=1S/C9H7N2O2S/c10-14(12,13)9-6-5-7-3-1-2-4-8(7)11-9/h1-3,5-6H,(H2,10,12,13). The Hall–Kier alpha value is -1.46. The Bertz CT molecular complexity index is 578. The SMILES string of the molecule is NS(=O)(=O)c1ccc2ccc[c]c2n1. The van der Waals surface area contributed by atoms with E-state index in [2.05, 4.69) is 11.1 Å². The largest absolute Gasteiger partial charge is 0.255 e. The van der Waals surface area contributed by atoms with Crippen LogP contribution in [0.4, 0.5) is 0 Å². The molecule has 1 aromatic heterocycles. The average Bonchev–Trinajstić information content (AvgIpc) is 2.16. The molecule has 0 aliphatic carbocycles. The Morgan fingerprint density at radius 1 is 1.29 bits per heavy atom. The molecule has 1 radical (unpaired) electrons. The molecule has 1 aromatic carbocycles. The normalized spacial score (nSPS) is 11.8. The van der Waals surface area contributed by atoms with Crippen molar-refractivity contribution in [3.8, 4) is 0 Å². The molecule has 0 bridgehead atoms. The Labute approximate surface area is 81.4 Å². The predicted octanol–water partition coefficient (Wildman–Crippen LogP) is 0.682. The van der Waals surface area contributed by atoms with Gasteiger partial charge in [0.15, 0.2) is 5.03 Å². The van der Waals surface area contributed by atoms with Gasteiger partial charge in [-0.1, -0.05) is 18.2 Å². The number of aromatic nitrogens is 1.